The molecule has 3 heterocycles. The van der Waals surface area contributed by atoms with Crippen molar-refractivity contribution in [2.75, 3.05) is 19.6 Å². The van der Waals surface area contributed by atoms with E-state index in [0.29, 0.717) is 11.6 Å². The number of thiophene rings is 1. The van der Waals surface area contributed by atoms with Gasteiger partial charge >= 0.3 is 5.97 Å². The predicted molar refractivity (Wildman–Crippen MR) is 114 cm³/mol. The molecule has 0 aliphatic carbocycles. The molecule has 4 rings (SSSR count). The van der Waals surface area contributed by atoms with Crippen molar-refractivity contribution < 1.29 is 14.3 Å². The van der Waals surface area contributed by atoms with E-state index in [1.165, 1.54) is 10.4 Å². The first kappa shape index (κ1) is 20.4. The molecule has 0 radical (unpaired) electrons. The first-order chi connectivity index (χ1) is 14.0. The van der Waals surface area contributed by atoms with Gasteiger partial charge in [-0.05, 0) is 54.8 Å². The minimum absolute atomic E-state index is 0.118. The maximum Gasteiger partial charge on any atom is 0.328 e. The number of rotatable bonds is 5. The van der Waals surface area contributed by atoms with Crippen molar-refractivity contribution in [1.82, 2.24) is 9.80 Å². The van der Waals surface area contributed by atoms with Crippen molar-refractivity contribution in [1.29, 1.82) is 0 Å². The van der Waals surface area contributed by atoms with Gasteiger partial charge in [-0.1, -0.05) is 29.8 Å². The van der Waals surface area contributed by atoms with E-state index in [1.807, 2.05) is 18.2 Å². The van der Waals surface area contributed by atoms with Gasteiger partial charge in [-0.3, -0.25) is 9.69 Å². The minimum atomic E-state index is -0.799. The highest BCUT2D eigenvalue weighted by Gasteiger charge is 2.35. The Hall–Kier alpha value is -1.89. The highest BCUT2D eigenvalue weighted by Crippen LogP contribution is 2.34. The number of amides is 1. The third kappa shape index (κ3) is 4.34. The van der Waals surface area contributed by atoms with Gasteiger partial charge in [0.05, 0.1) is 0 Å². The number of hydrogen-bond donors (Lipinski definition) is 0. The first-order valence-corrected chi connectivity index (χ1v) is 11.3. The van der Waals surface area contributed by atoms with Crippen molar-refractivity contribution in [3.05, 3.63) is 56.7 Å². The predicted octanol–water partition coefficient (Wildman–Crippen LogP) is 4.06. The van der Waals surface area contributed by atoms with E-state index in [4.69, 9.17) is 16.3 Å². The third-order valence-corrected chi connectivity index (χ3v) is 7.05. The molecule has 1 saturated heterocycles. The van der Waals surface area contributed by atoms with Gasteiger partial charge in [-0.25, -0.2) is 4.79 Å². The van der Waals surface area contributed by atoms with Crippen LogP contribution in [-0.4, -0.2) is 47.4 Å². The minimum Gasteiger partial charge on any atom is -0.451 e. The van der Waals surface area contributed by atoms with E-state index in [0.717, 1.165) is 44.5 Å². The second-order valence-electron chi connectivity index (χ2n) is 7.63. The molecule has 0 bridgehead atoms. The van der Waals surface area contributed by atoms with Crippen molar-refractivity contribution in [2.24, 2.45) is 0 Å². The van der Waals surface area contributed by atoms with Crippen LogP contribution in [0.15, 0.2) is 35.7 Å². The maximum absolute atomic E-state index is 13.3. The lowest BCUT2D eigenvalue weighted by atomic mass is 10.0. The number of halogens is 1. The van der Waals surface area contributed by atoms with Crippen molar-refractivity contribution in [3.63, 3.8) is 0 Å². The smallest absolute Gasteiger partial charge is 0.328 e. The van der Waals surface area contributed by atoms with Gasteiger partial charge in [0, 0.05) is 36.1 Å². The summed E-state index contributed by atoms with van der Waals surface area (Å²) >= 11 is 8.21. The highest BCUT2D eigenvalue weighted by atomic mass is 35.5. The molecule has 1 aromatic heterocycles. The lowest BCUT2D eigenvalue weighted by Crippen LogP contribution is -2.42. The van der Waals surface area contributed by atoms with Crippen LogP contribution in [0.25, 0.3) is 0 Å². The standard InChI is InChI=1S/C22H25ClN2O3S/c1-15(21(26)24-10-4-5-11-24)28-22(27)20(17-6-2-3-7-18(17)23)25-12-8-19-16(14-25)9-13-29-19/h2-3,6-7,9,13,15,20H,4-5,8,10-12,14H2,1H3/t15-,20+/m1/s1. The number of benzene rings is 1. The van der Waals surface area contributed by atoms with Crippen LogP contribution in [0.3, 0.4) is 0 Å². The second-order valence-corrected chi connectivity index (χ2v) is 9.03. The SMILES string of the molecule is C[C@@H](OC(=O)[C@H](c1ccccc1Cl)N1CCc2sccc2C1)C(=O)N1CCCC1. The van der Waals surface area contributed by atoms with Gasteiger partial charge in [0.15, 0.2) is 6.10 Å². The Balaban J connectivity index is 1.56. The Morgan fingerprint density at radius 1 is 1.14 bits per heavy atom. The highest BCUT2D eigenvalue weighted by molar-refractivity contribution is 7.10. The normalized spacial score (nSPS) is 18.9. The second kappa shape index (κ2) is 8.86. The zero-order valence-corrected chi connectivity index (χ0v) is 18.0. The molecule has 2 atom stereocenters. The lowest BCUT2D eigenvalue weighted by molar-refractivity contribution is -0.163. The Kier molecular flexibility index (Phi) is 6.23. The summed E-state index contributed by atoms with van der Waals surface area (Å²) in [6.07, 6.45) is 2.10. The molecule has 7 heteroatoms. The molecular weight excluding hydrogens is 408 g/mol. The van der Waals surface area contributed by atoms with Gasteiger partial charge in [0.1, 0.15) is 6.04 Å². The molecule has 0 saturated carbocycles. The third-order valence-electron chi connectivity index (χ3n) is 5.68. The average Bonchev–Trinajstić information content (AvgIpc) is 3.40. The Bertz CT molecular complexity index is 894. The molecule has 2 aromatic rings. The van der Waals surface area contributed by atoms with E-state index < -0.39 is 18.1 Å². The maximum atomic E-state index is 13.3. The zero-order valence-electron chi connectivity index (χ0n) is 16.5. The molecule has 1 aromatic carbocycles. The summed E-state index contributed by atoms with van der Waals surface area (Å²) in [5.74, 6) is -0.538. The summed E-state index contributed by atoms with van der Waals surface area (Å²) in [7, 11) is 0. The number of fused-ring (bicyclic) bond motifs is 1. The molecule has 29 heavy (non-hydrogen) atoms. The summed E-state index contributed by atoms with van der Waals surface area (Å²) in [4.78, 5) is 31.2. The first-order valence-electron chi connectivity index (χ1n) is 10.1. The fourth-order valence-electron chi connectivity index (χ4n) is 4.14. The van der Waals surface area contributed by atoms with E-state index in [1.54, 1.807) is 29.2 Å². The number of nitrogens with zero attached hydrogens (tertiary/aromatic N) is 2. The molecule has 0 unspecified atom stereocenters. The van der Waals surface area contributed by atoms with Crippen molar-refractivity contribution in [3.8, 4) is 0 Å². The van der Waals surface area contributed by atoms with Gasteiger partial charge < -0.3 is 9.64 Å². The van der Waals surface area contributed by atoms with Crippen molar-refractivity contribution >= 4 is 34.8 Å². The monoisotopic (exact) mass is 432 g/mol. The van der Waals surface area contributed by atoms with Gasteiger partial charge in [-0.2, -0.15) is 0 Å². The fraction of sp³-hybridized carbons (Fsp3) is 0.455. The molecule has 1 amide bonds. The van der Waals surface area contributed by atoms with Crippen LogP contribution in [0.5, 0.6) is 0 Å². The number of hydrogen-bond acceptors (Lipinski definition) is 5. The topological polar surface area (TPSA) is 49.9 Å². The molecule has 154 valence electrons. The van der Waals surface area contributed by atoms with Crippen LogP contribution in [-0.2, 0) is 27.3 Å². The summed E-state index contributed by atoms with van der Waals surface area (Å²) in [5, 5.41) is 2.62. The largest absolute Gasteiger partial charge is 0.451 e. The molecule has 2 aliphatic rings. The zero-order chi connectivity index (χ0) is 20.4. The summed E-state index contributed by atoms with van der Waals surface area (Å²) in [6.45, 7) is 4.55. The van der Waals surface area contributed by atoms with E-state index >= 15 is 0 Å². The lowest BCUT2D eigenvalue weighted by Gasteiger charge is -2.34. The molecule has 5 nitrogen and oxygen atoms in total. The van der Waals surface area contributed by atoms with Crippen LogP contribution < -0.4 is 0 Å². The van der Waals surface area contributed by atoms with Crippen LogP contribution in [0, 0.1) is 0 Å². The quantitative estimate of drug-likeness (QED) is 0.668. The molecule has 1 fully saturated rings. The Morgan fingerprint density at radius 3 is 2.66 bits per heavy atom. The number of carbonyl (C=O) groups excluding carboxylic acids is 2. The summed E-state index contributed by atoms with van der Waals surface area (Å²) < 4.78 is 5.69. The molecular formula is C22H25ClN2O3S. The molecule has 0 spiro atoms. The van der Waals surface area contributed by atoms with E-state index in [9.17, 15) is 9.59 Å². The molecule has 0 N–H and O–H groups in total. The number of carbonyl (C=O) groups is 2. The van der Waals surface area contributed by atoms with Crippen LogP contribution in [0.2, 0.25) is 5.02 Å². The number of esters is 1. The average molecular weight is 433 g/mol. The van der Waals surface area contributed by atoms with Gasteiger partial charge in [-0.15, -0.1) is 11.3 Å². The van der Waals surface area contributed by atoms with Gasteiger partial charge in [0.2, 0.25) is 0 Å². The summed E-state index contributed by atoms with van der Waals surface area (Å²) in [5.41, 5.74) is 1.96. The van der Waals surface area contributed by atoms with Crippen LogP contribution in [0.4, 0.5) is 0 Å². The van der Waals surface area contributed by atoms with Crippen LogP contribution in [0.1, 0.15) is 41.8 Å². The number of ether oxygens (including phenoxy) is 1. The van der Waals surface area contributed by atoms with E-state index in [-0.39, 0.29) is 5.91 Å². The number of likely N-dealkylation sites (tertiary alicyclic amines) is 1. The van der Waals surface area contributed by atoms with Crippen LogP contribution >= 0.6 is 22.9 Å². The van der Waals surface area contributed by atoms with Gasteiger partial charge in [0.25, 0.3) is 5.91 Å². The summed E-state index contributed by atoms with van der Waals surface area (Å²) in [6, 6.07) is 8.85. The molecule has 2 aliphatic heterocycles. The van der Waals surface area contributed by atoms with E-state index in [2.05, 4.69) is 16.3 Å². The Morgan fingerprint density at radius 2 is 1.90 bits per heavy atom. The Labute approximate surface area is 180 Å². The van der Waals surface area contributed by atoms with Crippen molar-refractivity contribution in [2.45, 2.75) is 44.9 Å². The fourth-order valence-corrected chi connectivity index (χ4v) is 5.27.